The number of hydrogen-bond donors (Lipinski definition) is 2. The first-order chi connectivity index (χ1) is 13.9. The Labute approximate surface area is 198 Å². The molecule has 8 heteroatoms. The zero-order valence-electron chi connectivity index (χ0n) is 18.9. The Hall–Kier alpha value is -1.71. The van der Waals surface area contributed by atoms with Crippen LogP contribution in [0, 0.1) is 5.92 Å². The number of carbonyl (C=O) groups excluding carboxylic acids is 1. The summed E-state index contributed by atoms with van der Waals surface area (Å²) in [5.74, 6) is 2.59. The molecule has 0 heterocycles. The summed E-state index contributed by atoms with van der Waals surface area (Å²) in [5.41, 5.74) is 1.20. The molecule has 2 rings (SSSR count). The Morgan fingerprint density at radius 3 is 2.47 bits per heavy atom. The lowest BCUT2D eigenvalue weighted by Gasteiger charge is -2.20. The smallest absolute Gasteiger partial charge is 0.243 e. The van der Waals surface area contributed by atoms with Crippen LogP contribution in [-0.2, 0) is 11.2 Å². The van der Waals surface area contributed by atoms with Crippen LogP contribution in [0.2, 0.25) is 0 Å². The second kappa shape index (κ2) is 13.6. The van der Waals surface area contributed by atoms with Gasteiger partial charge < -0.3 is 25.0 Å². The second-order valence-electron chi connectivity index (χ2n) is 7.96. The molecule has 2 N–H and O–H groups in total. The number of amides is 1. The lowest BCUT2D eigenvalue weighted by molar-refractivity contribution is -0.127. The quantitative estimate of drug-likeness (QED) is 0.291. The average molecular weight is 532 g/mol. The van der Waals surface area contributed by atoms with Gasteiger partial charge in [-0.05, 0) is 42.9 Å². The third kappa shape index (κ3) is 8.57. The maximum atomic E-state index is 11.9. The summed E-state index contributed by atoms with van der Waals surface area (Å²) in [6.45, 7) is 3.12. The predicted molar refractivity (Wildman–Crippen MR) is 132 cm³/mol. The van der Waals surface area contributed by atoms with Crippen molar-refractivity contribution in [2.24, 2.45) is 10.9 Å². The van der Waals surface area contributed by atoms with Gasteiger partial charge in [0, 0.05) is 26.7 Å². The number of benzene rings is 1. The number of aliphatic imine (C=N–C) groups is 1. The zero-order valence-corrected chi connectivity index (χ0v) is 21.2. The molecule has 1 aromatic rings. The van der Waals surface area contributed by atoms with E-state index in [9.17, 15) is 4.79 Å². The monoisotopic (exact) mass is 532 g/mol. The van der Waals surface area contributed by atoms with Gasteiger partial charge in [-0.2, -0.15) is 0 Å². The van der Waals surface area contributed by atoms with E-state index in [2.05, 4.69) is 28.6 Å². The first-order valence-electron chi connectivity index (χ1n) is 10.4. The van der Waals surface area contributed by atoms with Crippen molar-refractivity contribution < 1.29 is 14.3 Å². The molecule has 1 unspecified atom stereocenters. The van der Waals surface area contributed by atoms with Crippen LogP contribution in [-0.4, -0.2) is 64.2 Å². The fourth-order valence-corrected chi connectivity index (χ4v) is 3.46. The summed E-state index contributed by atoms with van der Waals surface area (Å²) >= 11 is 0. The van der Waals surface area contributed by atoms with Gasteiger partial charge in [0.15, 0.2) is 17.5 Å². The number of methoxy groups -OCH3 is 2. The Morgan fingerprint density at radius 2 is 1.87 bits per heavy atom. The molecule has 0 radical (unpaired) electrons. The Morgan fingerprint density at radius 1 is 1.20 bits per heavy atom. The molecular weight excluding hydrogens is 495 g/mol. The van der Waals surface area contributed by atoms with Crippen LogP contribution < -0.4 is 20.1 Å². The van der Waals surface area contributed by atoms with Gasteiger partial charge in [0.25, 0.3) is 0 Å². The molecule has 1 aliphatic rings. The number of likely N-dealkylation sites (N-methyl/N-ethyl adjacent to an activating group) is 1. The van der Waals surface area contributed by atoms with Crippen LogP contribution in [0.4, 0.5) is 0 Å². The van der Waals surface area contributed by atoms with Crippen molar-refractivity contribution in [3.05, 3.63) is 23.8 Å². The molecule has 1 amide bonds. The van der Waals surface area contributed by atoms with Gasteiger partial charge in [0.1, 0.15) is 6.54 Å². The summed E-state index contributed by atoms with van der Waals surface area (Å²) in [5, 5.41) is 6.92. The van der Waals surface area contributed by atoms with E-state index in [1.54, 1.807) is 33.2 Å². The lowest BCUT2D eigenvalue weighted by atomic mass is 10.0. The standard InChI is InChI=1S/C22H36N4O3.HI/c1-16(12-17-10-11-19(28-4)20(13-17)29-5)14-23-22(24-15-21(27)26(2)3)25-18-8-6-7-9-18;/h10-11,13,16,18H,6-9,12,14-15H2,1-5H3,(H2,23,24,25);1H. The fourth-order valence-electron chi connectivity index (χ4n) is 3.46. The molecule has 0 spiro atoms. The Kier molecular flexibility index (Phi) is 11.9. The largest absolute Gasteiger partial charge is 0.493 e. The van der Waals surface area contributed by atoms with Crippen LogP contribution in [0.1, 0.15) is 38.2 Å². The van der Waals surface area contributed by atoms with E-state index >= 15 is 0 Å². The van der Waals surface area contributed by atoms with Crippen molar-refractivity contribution in [3.8, 4) is 11.5 Å². The normalized spacial score (nSPS) is 15.2. The molecule has 7 nitrogen and oxygen atoms in total. The van der Waals surface area contributed by atoms with Gasteiger partial charge in [0.05, 0.1) is 14.2 Å². The predicted octanol–water partition coefficient (Wildman–Crippen LogP) is 3.07. The third-order valence-corrected chi connectivity index (χ3v) is 5.22. The van der Waals surface area contributed by atoms with E-state index in [1.807, 2.05) is 12.1 Å². The molecule has 30 heavy (non-hydrogen) atoms. The molecule has 0 saturated heterocycles. The van der Waals surface area contributed by atoms with E-state index in [4.69, 9.17) is 9.47 Å². The number of hydrogen-bond acceptors (Lipinski definition) is 4. The topological polar surface area (TPSA) is 75.2 Å². The van der Waals surface area contributed by atoms with Crippen LogP contribution in [0.25, 0.3) is 0 Å². The number of carbonyl (C=O) groups is 1. The highest BCUT2D eigenvalue weighted by Gasteiger charge is 2.17. The SMILES string of the molecule is COc1ccc(CC(C)CNC(=NCC(=O)N(C)C)NC2CCCC2)cc1OC.I. The summed E-state index contributed by atoms with van der Waals surface area (Å²) in [4.78, 5) is 18.0. The highest BCUT2D eigenvalue weighted by atomic mass is 127. The molecule has 1 aromatic carbocycles. The molecular formula is C22H37IN4O3. The van der Waals surface area contributed by atoms with Gasteiger partial charge >= 0.3 is 0 Å². The highest BCUT2D eigenvalue weighted by molar-refractivity contribution is 14.0. The summed E-state index contributed by atoms with van der Waals surface area (Å²) in [6, 6.07) is 6.48. The van der Waals surface area contributed by atoms with Crippen LogP contribution in [0.5, 0.6) is 11.5 Å². The molecule has 1 aliphatic carbocycles. The van der Waals surface area contributed by atoms with Gasteiger partial charge in [-0.3, -0.25) is 4.79 Å². The van der Waals surface area contributed by atoms with Crippen LogP contribution in [0.3, 0.4) is 0 Å². The maximum absolute atomic E-state index is 11.9. The van der Waals surface area contributed by atoms with Crippen molar-refractivity contribution in [1.29, 1.82) is 0 Å². The summed E-state index contributed by atoms with van der Waals surface area (Å²) < 4.78 is 10.7. The molecule has 0 aromatic heterocycles. The minimum Gasteiger partial charge on any atom is -0.493 e. The molecule has 1 atom stereocenters. The van der Waals surface area contributed by atoms with E-state index in [0.717, 1.165) is 43.3 Å². The lowest BCUT2D eigenvalue weighted by Crippen LogP contribution is -2.44. The minimum atomic E-state index is -0.00380. The number of rotatable bonds is 9. The number of guanidine groups is 1. The van der Waals surface area contributed by atoms with Crippen molar-refractivity contribution in [2.45, 2.75) is 45.1 Å². The summed E-state index contributed by atoms with van der Waals surface area (Å²) in [7, 11) is 6.80. The van der Waals surface area contributed by atoms with Crippen molar-refractivity contribution in [2.75, 3.05) is 41.4 Å². The van der Waals surface area contributed by atoms with Crippen molar-refractivity contribution >= 4 is 35.8 Å². The maximum Gasteiger partial charge on any atom is 0.243 e. The van der Waals surface area contributed by atoms with Gasteiger partial charge in [-0.1, -0.05) is 25.8 Å². The number of nitrogens with zero attached hydrogens (tertiary/aromatic N) is 2. The molecule has 1 saturated carbocycles. The fraction of sp³-hybridized carbons (Fsp3) is 0.636. The van der Waals surface area contributed by atoms with Crippen molar-refractivity contribution in [3.63, 3.8) is 0 Å². The van der Waals surface area contributed by atoms with Crippen LogP contribution in [0.15, 0.2) is 23.2 Å². The number of nitrogens with one attached hydrogen (secondary N) is 2. The van der Waals surface area contributed by atoms with E-state index < -0.39 is 0 Å². The molecule has 170 valence electrons. The molecule has 1 fully saturated rings. The molecule has 0 aliphatic heterocycles. The Bertz CT molecular complexity index is 691. The number of halogens is 1. The van der Waals surface area contributed by atoms with Crippen molar-refractivity contribution in [1.82, 2.24) is 15.5 Å². The molecule has 0 bridgehead atoms. The first kappa shape index (κ1) is 26.3. The first-order valence-corrected chi connectivity index (χ1v) is 10.4. The second-order valence-corrected chi connectivity index (χ2v) is 7.96. The van der Waals surface area contributed by atoms with Crippen LogP contribution >= 0.6 is 24.0 Å². The average Bonchev–Trinajstić information content (AvgIpc) is 3.22. The number of ether oxygens (including phenoxy) is 2. The highest BCUT2D eigenvalue weighted by Crippen LogP contribution is 2.28. The van der Waals surface area contributed by atoms with Gasteiger partial charge in [-0.25, -0.2) is 4.99 Å². The van der Waals surface area contributed by atoms with Gasteiger partial charge in [0.2, 0.25) is 5.91 Å². The van der Waals surface area contributed by atoms with E-state index in [-0.39, 0.29) is 36.4 Å². The van der Waals surface area contributed by atoms with Gasteiger partial charge in [-0.15, -0.1) is 24.0 Å². The van der Waals surface area contributed by atoms with E-state index in [1.165, 1.54) is 18.4 Å². The van der Waals surface area contributed by atoms with E-state index in [0.29, 0.717) is 12.0 Å². The minimum absolute atomic E-state index is 0. The third-order valence-electron chi connectivity index (χ3n) is 5.22. The summed E-state index contributed by atoms with van der Waals surface area (Å²) in [6.07, 6.45) is 5.71. The zero-order chi connectivity index (χ0) is 21.2. The Balaban J connectivity index is 0.00000450.